The van der Waals surface area contributed by atoms with Crippen LogP contribution < -0.4 is 5.32 Å². The molecule has 0 aliphatic heterocycles. The number of hydrogen-bond donors (Lipinski definition) is 2. The zero-order valence-electron chi connectivity index (χ0n) is 8.80. The van der Waals surface area contributed by atoms with Crippen molar-refractivity contribution in [3.8, 4) is 0 Å². The quantitative estimate of drug-likeness (QED) is 0.743. The molecule has 0 aromatic heterocycles. The Bertz CT molecular complexity index is 253. The maximum atomic E-state index is 11.8. The monoisotopic (exact) mass is 241 g/mol. The van der Waals surface area contributed by atoms with Crippen molar-refractivity contribution in [1.29, 1.82) is 0 Å². The highest BCUT2D eigenvalue weighted by Gasteiger charge is 2.32. The average molecular weight is 241 g/mol. The fourth-order valence-electron chi connectivity index (χ4n) is 1.09. The highest BCUT2D eigenvalue weighted by molar-refractivity contribution is 5.83. The van der Waals surface area contributed by atoms with Gasteiger partial charge in [0.1, 0.15) is 12.5 Å². The van der Waals surface area contributed by atoms with E-state index in [0.29, 0.717) is 12.8 Å². The first-order valence-electron chi connectivity index (χ1n) is 4.85. The molecule has 0 aliphatic rings. The molecule has 0 aromatic carbocycles. The second-order valence-electron chi connectivity index (χ2n) is 3.39. The van der Waals surface area contributed by atoms with Crippen molar-refractivity contribution in [2.45, 2.75) is 44.8 Å². The molecule has 1 atom stereocenters. The van der Waals surface area contributed by atoms with Gasteiger partial charge in [0.2, 0.25) is 5.91 Å². The lowest BCUT2D eigenvalue weighted by Crippen LogP contribution is -2.42. The number of aliphatic carboxylic acids is 1. The molecule has 0 spiro atoms. The highest BCUT2D eigenvalue weighted by atomic mass is 19.4. The molecule has 0 saturated carbocycles. The Morgan fingerprint density at radius 3 is 2.31 bits per heavy atom. The molecule has 0 fully saturated rings. The van der Waals surface area contributed by atoms with E-state index in [4.69, 9.17) is 5.11 Å². The molecule has 2 N–H and O–H groups in total. The number of carboxylic acids is 1. The molecule has 94 valence electrons. The number of carboxylic acid groups (broad SMARTS) is 1. The van der Waals surface area contributed by atoms with Gasteiger partial charge < -0.3 is 10.4 Å². The van der Waals surface area contributed by atoms with E-state index in [1.165, 1.54) is 0 Å². The fraction of sp³-hybridized carbons (Fsp3) is 0.778. The van der Waals surface area contributed by atoms with Gasteiger partial charge in [-0.05, 0) is 6.42 Å². The molecule has 0 saturated heterocycles. The predicted octanol–water partition coefficient (Wildman–Crippen LogP) is 1.70. The van der Waals surface area contributed by atoms with Gasteiger partial charge in [0.05, 0.1) is 0 Å². The summed E-state index contributed by atoms with van der Waals surface area (Å²) in [6.07, 6.45) is -4.89. The topological polar surface area (TPSA) is 66.4 Å². The molecule has 0 radical (unpaired) electrons. The van der Waals surface area contributed by atoms with Crippen LogP contribution in [0.25, 0.3) is 0 Å². The molecule has 16 heavy (non-hydrogen) atoms. The molecule has 4 nitrogen and oxygen atoms in total. The zero-order valence-corrected chi connectivity index (χ0v) is 8.80. The lowest BCUT2D eigenvalue weighted by atomic mass is 10.1. The van der Waals surface area contributed by atoms with Gasteiger partial charge in [-0.15, -0.1) is 0 Å². The summed E-state index contributed by atoms with van der Waals surface area (Å²) in [6, 6.07) is -1.24. The van der Waals surface area contributed by atoms with Crippen LogP contribution in [0.15, 0.2) is 0 Å². The van der Waals surface area contributed by atoms with Crippen molar-refractivity contribution in [2.75, 3.05) is 0 Å². The Labute approximate surface area is 90.8 Å². The summed E-state index contributed by atoms with van der Waals surface area (Å²) in [5.74, 6) is -2.63. The van der Waals surface area contributed by atoms with E-state index in [-0.39, 0.29) is 6.42 Å². The normalized spacial score (nSPS) is 13.2. The number of halogens is 3. The van der Waals surface area contributed by atoms with Gasteiger partial charge in [-0.1, -0.05) is 19.8 Å². The van der Waals surface area contributed by atoms with Crippen molar-refractivity contribution >= 4 is 11.9 Å². The fourth-order valence-corrected chi connectivity index (χ4v) is 1.09. The van der Waals surface area contributed by atoms with Crippen LogP contribution >= 0.6 is 0 Å². The summed E-state index contributed by atoms with van der Waals surface area (Å²) in [7, 11) is 0. The molecule has 0 aromatic rings. The first kappa shape index (κ1) is 14.7. The van der Waals surface area contributed by atoms with Crippen LogP contribution in [0.2, 0.25) is 0 Å². The molecule has 0 aliphatic carbocycles. The standard InChI is InChI=1S/C9H14F3NO3/c1-2-3-4-6(8(15)16)13-7(14)5-9(10,11)12/h6H,2-5H2,1H3,(H,13,14)(H,15,16)/t6-/m0/s1. The summed E-state index contributed by atoms with van der Waals surface area (Å²) in [4.78, 5) is 21.5. The average Bonchev–Trinajstić information content (AvgIpc) is 2.08. The van der Waals surface area contributed by atoms with Crippen molar-refractivity contribution in [3.05, 3.63) is 0 Å². The molecule has 1 amide bonds. The number of hydrogen-bond acceptors (Lipinski definition) is 2. The Balaban J connectivity index is 4.19. The Hall–Kier alpha value is -1.27. The first-order chi connectivity index (χ1) is 7.26. The maximum absolute atomic E-state index is 11.8. The van der Waals surface area contributed by atoms with Crippen LogP contribution in [0.3, 0.4) is 0 Å². The van der Waals surface area contributed by atoms with Gasteiger partial charge in [-0.2, -0.15) is 13.2 Å². The summed E-state index contributed by atoms with van der Waals surface area (Å²) in [6.45, 7) is 1.82. The Morgan fingerprint density at radius 2 is 1.94 bits per heavy atom. The van der Waals surface area contributed by atoms with Gasteiger partial charge in [0, 0.05) is 0 Å². The molecular weight excluding hydrogens is 227 g/mol. The van der Waals surface area contributed by atoms with Crippen LogP contribution in [0.4, 0.5) is 13.2 Å². The molecular formula is C9H14F3NO3. The second-order valence-corrected chi connectivity index (χ2v) is 3.39. The molecule has 0 bridgehead atoms. The van der Waals surface area contributed by atoms with Gasteiger partial charge in [0.15, 0.2) is 0 Å². The number of alkyl halides is 3. The number of amides is 1. The Kier molecular flexibility index (Phi) is 5.84. The lowest BCUT2D eigenvalue weighted by molar-refractivity contribution is -0.156. The van der Waals surface area contributed by atoms with E-state index < -0.39 is 30.5 Å². The smallest absolute Gasteiger partial charge is 0.397 e. The summed E-state index contributed by atoms with van der Waals surface area (Å²) in [5.41, 5.74) is 0. The number of carbonyl (C=O) groups excluding carboxylic acids is 1. The van der Waals surface area contributed by atoms with E-state index in [1.807, 2.05) is 12.2 Å². The van der Waals surface area contributed by atoms with Gasteiger partial charge >= 0.3 is 12.1 Å². The zero-order chi connectivity index (χ0) is 12.8. The molecule has 7 heteroatoms. The van der Waals surface area contributed by atoms with Gasteiger partial charge in [0.25, 0.3) is 0 Å². The number of rotatable bonds is 6. The minimum Gasteiger partial charge on any atom is -0.480 e. The van der Waals surface area contributed by atoms with E-state index in [9.17, 15) is 22.8 Å². The van der Waals surface area contributed by atoms with E-state index in [0.717, 1.165) is 0 Å². The van der Waals surface area contributed by atoms with Crippen LogP contribution in [0, 0.1) is 0 Å². The third-order valence-corrected chi connectivity index (χ3v) is 1.84. The third kappa shape index (κ3) is 7.08. The van der Waals surface area contributed by atoms with Crippen LogP contribution in [0.1, 0.15) is 32.6 Å². The van der Waals surface area contributed by atoms with Crippen molar-refractivity contribution in [3.63, 3.8) is 0 Å². The maximum Gasteiger partial charge on any atom is 0.397 e. The van der Waals surface area contributed by atoms with Crippen molar-refractivity contribution in [2.24, 2.45) is 0 Å². The van der Waals surface area contributed by atoms with Gasteiger partial charge in [-0.3, -0.25) is 4.79 Å². The van der Waals surface area contributed by atoms with Crippen LogP contribution in [-0.4, -0.2) is 29.2 Å². The van der Waals surface area contributed by atoms with Crippen molar-refractivity contribution in [1.82, 2.24) is 5.32 Å². The summed E-state index contributed by atoms with van der Waals surface area (Å²) in [5, 5.41) is 10.5. The minimum absolute atomic E-state index is 0.134. The molecule has 0 heterocycles. The minimum atomic E-state index is -4.61. The number of unbranched alkanes of at least 4 members (excludes halogenated alkanes) is 1. The lowest BCUT2D eigenvalue weighted by Gasteiger charge is -2.14. The summed E-state index contributed by atoms with van der Waals surface area (Å²) < 4.78 is 35.4. The van der Waals surface area contributed by atoms with E-state index >= 15 is 0 Å². The summed E-state index contributed by atoms with van der Waals surface area (Å²) >= 11 is 0. The number of nitrogens with one attached hydrogen (secondary N) is 1. The predicted molar refractivity (Wildman–Crippen MR) is 49.8 cm³/mol. The number of carbonyl (C=O) groups is 2. The van der Waals surface area contributed by atoms with Crippen molar-refractivity contribution < 1.29 is 27.9 Å². The van der Waals surface area contributed by atoms with Crippen LogP contribution in [0.5, 0.6) is 0 Å². The highest BCUT2D eigenvalue weighted by Crippen LogP contribution is 2.19. The Morgan fingerprint density at radius 1 is 1.38 bits per heavy atom. The molecule has 0 unspecified atom stereocenters. The SMILES string of the molecule is CCCC[C@H](NC(=O)CC(F)(F)F)C(=O)O. The third-order valence-electron chi connectivity index (χ3n) is 1.84. The molecule has 0 rings (SSSR count). The van der Waals surface area contributed by atoms with Crippen LogP contribution in [-0.2, 0) is 9.59 Å². The first-order valence-corrected chi connectivity index (χ1v) is 4.85. The van der Waals surface area contributed by atoms with E-state index in [2.05, 4.69) is 0 Å². The second kappa shape index (κ2) is 6.34. The van der Waals surface area contributed by atoms with Gasteiger partial charge in [-0.25, -0.2) is 4.79 Å². The largest absolute Gasteiger partial charge is 0.480 e. The van der Waals surface area contributed by atoms with E-state index in [1.54, 1.807) is 0 Å².